The zero-order valence-electron chi connectivity index (χ0n) is 10.6. The predicted octanol–water partition coefficient (Wildman–Crippen LogP) is 1.35. The molecule has 0 radical (unpaired) electrons. The van der Waals surface area contributed by atoms with Gasteiger partial charge in [-0.1, -0.05) is 42.5 Å². The van der Waals surface area contributed by atoms with E-state index in [1.165, 1.54) is 0 Å². The number of hydroxylamine groups is 1. The summed E-state index contributed by atoms with van der Waals surface area (Å²) >= 11 is 0. The number of carbonyl (C=O) groups excluding carboxylic acids is 1. The van der Waals surface area contributed by atoms with Crippen molar-refractivity contribution in [2.45, 2.75) is 19.1 Å². The third kappa shape index (κ3) is 4.39. The van der Waals surface area contributed by atoms with Gasteiger partial charge >= 0.3 is 6.03 Å². The molecule has 3 N–H and O–H groups in total. The van der Waals surface area contributed by atoms with E-state index in [-0.39, 0.29) is 24.6 Å². The first-order chi connectivity index (χ1) is 9.28. The summed E-state index contributed by atoms with van der Waals surface area (Å²) in [5.74, 6) is 0.135. The predicted molar refractivity (Wildman–Crippen MR) is 71.0 cm³/mol. The molecule has 0 heterocycles. The first kappa shape index (κ1) is 13.6. The van der Waals surface area contributed by atoms with Gasteiger partial charge in [-0.25, -0.2) is 10.3 Å². The maximum atomic E-state index is 11.5. The Hall–Kier alpha value is -1.85. The highest BCUT2D eigenvalue weighted by molar-refractivity contribution is 5.73. The highest BCUT2D eigenvalue weighted by Gasteiger charge is 2.19. The Kier molecular flexibility index (Phi) is 4.94. The van der Waals surface area contributed by atoms with Crippen molar-refractivity contribution in [3.63, 3.8) is 0 Å². The standard InChI is InChI=1S/C14H18N2O3/c17-9-12-6-7-13(8-12)15-14(18)16-19-10-11-4-2-1-3-5-11/h1-7,12-13,17H,8-10H2,(H2,15,16,18)/t12-,13+/m0/s1. The largest absolute Gasteiger partial charge is 0.396 e. The zero-order valence-corrected chi connectivity index (χ0v) is 10.6. The molecule has 1 aliphatic rings. The summed E-state index contributed by atoms with van der Waals surface area (Å²) in [5, 5.41) is 11.7. The summed E-state index contributed by atoms with van der Waals surface area (Å²) in [7, 11) is 0. The number of hydrogen-bond donors (Lipinski definition) is 3. The molecular weight excluding hydrogens is 244 g/mol. The number of rotatable bonds is 5. The average Bonchev–Trinajstić information content (AvgIpc) is 2.87. The lowest BCUT2D eigenvalue weighted by Gasteiger charge is -2.13. The van der Waals surface area contributed by atoms with E-state index in [9.17, 15) is 4.79 Å². The van der Waals surface area contributed by atoms with Crippen LogP contribution in [0.1, 0.15) is 12.0 Å². The van der Waals surface area contributed by atoms with Gasteiger partial charge in [0.05, 0.1) is 6.61 Å². The molecular formula is C14H18N2O3. The number of carbonyl (C=O) groups is 1. The molecule has 0 aliphatic heterocycles. The SMILES string of the molecule is O=C(NOCc1ccccc1)N[C@@H]1C=C[C@H](CO)C1. The van der Waals surface area contributed by atoms with Crippen LogP contribution in [0.5, 0.6) is 0 Å². The zero-order chi connectivity index (χ0) is 13.5. The normalized spacial score (nSPS) is 21.3. The molecule has 2 atom stereocenters. The van der Waals surface area contributed by atoms with Gasteiger partial charge in [-0.3, -0.25) is 4.84 Å². The summed E-state index contributed by atoms with van der Waals surface area (Å²) in [5.41, 5.74) is 3.33. The molecule has 0 bridgehead atoms. The van der Waals surface area contributed by atoms with Crippen molar-refractivity contribution in [1.29, 1.82) is 0 Å². The highest BCUT2D eigenvalue weighted by atomic mass is 16.7. The van der Waals surface area contributed by atoms with Crippen LogP contribution in [0.4, 0.5) is 4.79 Å². The van der Waals surface area contributed by atoms with E-state index in [0.29, 0.717) is 6.61 Å². The summed E-state index contributed by atoms with van der Waals surface area (Å²) < 4.78 is 0. The van der Waals surface area contributed by atoms with Crippen molar-refractivity contribution < 1.29 is 14.7 Å². The van der Waals surface area contributed by atoms with Crippen molar-refractivity contribution in [2.75, 3.05) is 6.61 Å². The maximum absolute atomic E-state index is 11.5. The number of nitrogens with one attached hydrogen (secondary N) is 2. The van der Waals surface area contributed by atoms with Crippen molar-refractivity contribution >= 4 is 6.03 Å². The number of urea groups is 1. The molecule has 5 nitrogen and oxygen atoms in total. The molecule has 0 spiro atoms. The first-order valence-corrected chi connectivity index (χ1v) is 6.29. The third-order valence-electron chi connectivity index (χ3n) is 2.97. The Morgan fingerprint density at radius 1 is 1.32 bits per heavy atom. The van der Waals surface area contributed by atoms with Crippen LogP contribution in [0.15, 0.2) is 42.5 Å². The van der Waals surface area contributed by atoms with Gasteiger partial charge in [0.15, 0.2) is 0 Å². The van der Waals surface area contributed by atoms with Crippen LogP contribution < -0.4 is 10.8 Å². The molecule has 2 rings (SSSR count). The van der Waals surface area contributed by atoms with Gasteiger partial charge in [0.1, 0.15) is 0 Å². The average molecular weight is 262 g/mol. The number of aliphatic hydroxyl groups excluding tert-OH is 1. The molecule has 0 unspecified atom stereocenters. The second kappa shape index (κ2) is 6.92. The molecule has 0 aromatic heterocycles. The molecule has 2 amide bonds. The minimum atomic E-state index is -0.371. The Bertz CT molecular complexity index is 434. The quantitative estimate of drug-likeness (QED) is 0.554. The summed E-state index contributed by atoms with van der Waals surface area (Å²) in [6, 6.07) is 9.18. The fourth-order valence-electron chi connectivity index (χ4n) is 1.97. The van der Waals surface area contributed by atoms with Crippen molar-refractivity contribution in [2.24, 2.45) is 5.92 Å². The van der Waals surface area contributed by atoms with E-state index in [2.05, 4.69) is 10.8 Å². The van der Waals surface area contributed by atoms with E-state index >= 15 is 0 Å². The van der Waals surface area contributed by atoms with E-state index in [0.717, 1.165) is 12.0 Å². The number of aliphatic hydroxyl groups is 1. The second-order valence-corrected chi connectivity index (χ2v) is 4.52. The van der Waals surface area contributed by atoms with Crippen LogP contribution in [-0.2, 0) is 11.4 Å². The van der Waals surface area contributed by atoms with Crippen LogP contribution in [0.2, 0.25) is 0 Å². The van der Waals surface area contributed by atoms with Gasteiger partial charge in [0.2, 0.25) is 0 Å². The number of hydrogen-bond acceptors (Lipinski definition) is 3. The van der Waals surface area contributed by atoms with Gasteiger partial charge in [-0.2, -0.15) is 0 Å². The molecule has 1 aliphatic carbocycles. The van der Waals surface area contributed by atoms with E-state index in [1.54, 1.807) is 0 Å². The lowest BCUT2D eigenvalue weighted by atomic mass is 10.1. The van der Waals surface area contributed by atoms with Gasteiger partial charge in [0.25, 0.3) is 0 Å². The van der Waals surface area contributed by atoms with E-state index in [4.69, 9.17) is 9.94 Å². The Labute approximate surface area is 112 Å². The molecule has 0 fully saturated rings. The molecule has 1 aromatic rings. The smallest absolute Gasteiger partial charge is 0.339 e. The van der Waals surface area contributed by atoms with Crippen LogP contribution in [0, 0.1) is 5.92 Å². The van der Waals surface area contributed by atoms with Gasteiger partial charge < -0.3 is 10.4 Å². The van der Waals surface area contributed by atoms with Crippen LogP contribution in [0.3, 0.4) is 0 Å². The van der Waals surface area contributed by atoms with Crippen molar-refractivity contribution in [3.8, 4) is 0 Å². The molecule has 1 aromatic carbocycles. The minimum absolute atomic E-state index is 0.0440. The number of benzene rings is 1. The summed E-state index contributed by atoms with van der Waals surface area (Å²) in [4.78, 5) is 16.7. The second-order valence-electron chi connectivity index (χ2n) is 4.52. The topological polar surface area (TPSA) is 70.6 Å². The number of amides is 2. The van der Waals surface area contributed by atoms with E-state index in [1.807, 2.05) is 42.5 Å². The molecule has 0 saturated heterocycles. The monoisotopic (exact) mass is 262 g/mol. The van der Waals surface area contributed by atoms with Crippen molar-refractivity contribution in [3.05, 3.63) is 48.0 Å². The van der Waals surface area contributed by atoms with Gasteiger partial charge in [-0.05, 0) is 12.0 Å². The summed E-state index contributed by atoms with van der Waals surface area (Å²) in [6.07, 6.45) is 4.52. The Morgan fingerprint density at radius 3 is 2.79 bits per heavy atom. The maximum Gasteiger partial charge on any atom is 0.339 e. The molecule has 0 saturated carbocycles. The van der Waals surface area contributed by atoms with Crippen LogP contribution in [0.25, 0.3) is 0 Å². The highest BCUT2D eigenvalue weighted by Crippen LogP contribution is 2.16. The molecule has 102 valence electrons. The van der Waals surface area contributed by atoms with Gasteiger partial charge in [-0.15, -0.1) is 0 Å². The van der Waals surface area contributed by atoms with Crippen LogP contribution in [-0.4, -0.2) is 23.8 Å². The molecule has 5 heteroatoms. The van der Waals surface area contributed by atoms with Gasteiger partial charge in [0, 0.05) is 18.6 Å². The third-order valence-corrected chi connectivity index (χ3v) is 2.97. The lowest BCUT2D eigenvalue weighted by molar-refractivity contribution is 0.0484. The van der Waals surface area contributed by atoms with Crippen LogP contribution >= 0.6 is 0 Å². The first-order valence-electron chi connectivity index (χ1n) is 6.29. The fraction of sp³-hybridized carbons (Fsp3) is 0.357. The fourth-order valence-corrected chi connectivity index (χ4v) is 1.97. The van der Waals surface area contributed by atoms with Crippen molar-refractivity contribution in [1.82, 2.24) is 10.8 Å². The minimum Gasteiger partial charge on any atom is -0.396 e. The Balaban J connectivity index is 1.64. The lowest BCUT2D eigenvalue weighted by Crippen LogP contribution is -2.40. The Morgan fingerprint density at radius 2 is 2.11 bits per heavy atom. The van der Waals surface area contributed by atoms with E-state index < -0.39 is 0 Å². The molecule has 19 heavy (non-hydrogen) atoms. The summed E-state index contributed by atoms with van der Waals surface area (Å²) in [6.45, 7) is 0.439.